The summed E-state index contributed by atoms with van der Waals surface area (Å²) in [5, 5.41) is 36.6. The molecule has 44 heavy (non-hydrogen) atoms. The predicted molar refractivity (Wildman–Crippen MR) is 165 cm³/mol. The molecule has 4 fully saturated rings. The minimum atomic E-state index is -1.19. The summed E-state index contributed by atoms with van der Waals surface area (Å²) in [5.74, 6) is -0.112. The molecule has 0 saturated heterocycles. The molecule has 0 heterocycles. The summed E-state index contributed by atoms with van der Waals surface area (Å²) in [4.78, 5) is 37.0. The number of carbonyl (C=O) groups excluding carboxylic acids is 2. The Morgan fingerprint density at radius 2 is 1.66 bits per heavy atom. The van der Waals surface area contributed by atoms with Crippen LogP contribution in [-0.2, 0) is 14.4 Å². The minimum Gasteiger partial charge on any atom is -0.480 e. The molecule has 1 aromatic carbocycles. The van der Waals surface area contributed by atoms with Gasteiger partial charge in [-0.3, -0.25) is 9.59 Å². The van der Waals surface area contributed by atoms with E-state index in [-0.39, 0.29) is 54.1 Å². The summed E-state index contributed by atoms with van der Waals surface area (Å²) in [6, 6.07) is 4.29. The van der Waals surface area contributed by atoms with Crippen LogP contribution in [0.2, 0.25) is 0 Å². The number of carboxylic acids is 1. The summed E-state index contributed by atoms with van der Waals surface area (Å²) in [6.45, 7) is 7.04. The van der Waals surface area contributed by atoms with Crippen molar-refractivity contribution in [2.24, 2.45) is 46.3 Å². The van der Waals surface area contributed by atoms with Crippen molar-refractivity contribution in [3.05, 3.63) is 30.1 Å². The normalized spacial score (nSPS) is 37.5. The van der Waals surface area contributed by atoms with Gasteiger partial charge in [-0.25, -0.2) is 9.18 Å². The van der Waals surface area contributed by atoms with Gasteiger partial charge in [-0.05, 0) is 129 Å². The average molecular weight is 615 g/mol. The maximum absolute atomic E-state index is 13.4. The topological polar surface area (TPSA) is 136 Å². The van der Waals surface area contributed by atoms with Gasteiger partial charge >= 0.3 is 5.97 Å². The van der Waals surface area contributed by atoms with Crippen LogP contribution in [0.5, 0.6) is 0 Å². The first-order valence-electron chi connectivity index (χ1n) is 16.8. The Kier molecular flexibility index (Phi) is 9.76. The fraction of sp³-hybridized carbons (Fsp3) is 0.743. The van der Waals surface area contributed by atoms with E-state index < -0.39 is 23.7 Å². The van der Waals surface area contributed by atoms with E-state index in [4.69, 9.17) is 0 Å². The fourth-order valence-electron chi connectivity index (χ4n) is 10.3. The van der Waals surface area contributed by atoms with Crippen molar-refractivity contribution < 1.29 is 34.1 Å². The van der Waals surface area contributed by atoms with Crippen molar-refractivity contribution in [3.8, 4) is 0 Å². The largest absolute Gasteiger partial charge is 0.480 e. The lowest BCUT2D eigenvalue weighted by atomic mass is 9.43. The van der Waals surface area contributed by atoms with Crippen molar-refractivity contribution >= 4 is 23.5 Å². The quantitative estimate of drug-likeness (QED) is 0.236. The summed E-state index contributed by atoms with van der Waals surface area (Å²) in [7, 11) is 0. The number of halogens is 1. The monoisotopic (exact) mass is 614 g/mol. The van der Waals surface area contributed by atoms with E-state index in [9.17, 15) is 34.1 Å². The van der Waals surface area contributed by atoms with Gasteiger partial charge in [0.15, 0.2) is 0 Å². The van der Waals surface area contributed by atoms with Crippen molar-refractivity contribution in [1.29, 1.82) is 0 Å². The molecule has 4 aliphatic carbocycles. The van der Waals surface area contributed by atoms with Gasteiger partial charge < -0.3 is 26.0 Å². The average Bonchev–Trinajstić information content (AvgIpc) is 3.32. The molecule has 0 unspecified atom stereocenters. The van der Waals surface area contributed by atoms with E-state index in [0.717, 1.165) is 51.4 Å². The third kappa shape index (κ3) is 6.55. The van der Waals surface area contributed by atoms with Crippen LogP contribution in [-0.4, -0.2) is 51.4 Å². The van der Waals surface area contributed by atoms with Gasteiger partial charge in [0.1, 0.15) is 11.9 Å². The number of aliphatic hydroxyl groups is 2. The summed E-state index contributed by atoms with van der Waals surface area (Å²) in [6.07, 6.45) is 8.02. The number of aliphatic carboxylic acids is 1. The Hall–Kier alpha value is -2.52. The van der Waals surface area contributed by atoms with Crippen molar-refractivity contribution in [2.75, 3.05) is 5.32 Å². The maximum Gasteiger partial charge on any atom is 0.326 e. The molecule has 5 N–H and O–H groups in total. The fourth-order valence-corrected chi connectivity index (χ4v) is 10.3. The van der Waals surface area contributed by atoms with Gasteiger partial charge in [-0.2, -0.15) is 0 Å². The second-order valence-corrected chi connectivity index (χ2v) is 15.0. The number of carbonyl (C=O) groups is 3. The SMILES string of the molecule is C[C@H](CCC(=O)N[C@@H](CCC(=O)Nc1cccc(F)c1)C(=O)O)[C@H]1CC[C@H]2[C@@H]3[C@H](O)C[C@H]4C[C@H](O)CC[C@]4(C)[C@H]3CC[C@]12C. The number of fused-ring (bicyclic) bond motifs is 5. The highest BCUT2D eigenvalue weighted by Crippen LogP contribution is 2.68. The molecule has 0 spiro atoms. The number of aliphatic hydroxyl groups excluding tert-OH is 2. The third-order valence-corrected chi connectivity index (χ3v) is 12.6. The van der Waals surface area contributed by atoms with E-state index in [1.165, 1.54) is 18.2 Å². The number of carboxylic acid groups (broad SMARTS) is 1. The molecule has 244 valence electrons. The Bertz CT molecular complexity index is 1230. The number of benzene rings is 1. The first-order valence-corrected chi connectivity index (χ1v) is 16.8. The first-order chi connectivity index (χ1) is 20.8. The summed E-state index contributed by atoms with van der Waals surface area (Å²) >= 11 is 0. The van der Waals surface area contributed by atoms with E-state index in [2.05, 4.69) is 31.4 Å². The molecule has 4 saturated carbocycles. The number of hydrogen-bond donors (Lipinski definition) is 5. The van der Waals surface area contributed by atoms with E-state index >= 15 is 0 Å². The van der Waals surface area contributed by atoms with Gasteiger partial charge in [0.05, 0.1) is 12.2 Å². The zero-order chi connectivity index (χ0) is 31.8. The predicted octanol–water partition coefficient (Wildman–Crippen LogP) is 5.52. The number of amides is 2. The Morgan fingerprint density at radius 3 is 2.39 bits per heavy atom. The molecule has 9 heteroatoms. The van der Waals surface area contributed by atoms with Crippen LogP contribution in [0, 0.1) is 52.2 Å². The number of rotatable bonds is 10. The maximum atomic E-state index is 13.4. The lowest BCUT2D eigenvalue weighted by Gasteiger charge is -2.62. The molecule has 4 aliphatic rings. The van der Waals surface area contributed by atoms with E-state index in [0.29, 0.717) is 41.7 Å². The van der Waals surface area contributed by atoms with Crippen LogP contribution in [0.3, 0.4) is 0 Å². The zero-order valence-electron chi connectivity index (χ0n) is 26.4. The highest BCUT2D eigenvalue weighted by atomic mass is 19.1. The van der Waals surface area contributed by atoms with Crippen LogP contribution in [0.15, 0.2) is 24.3 Å². The Morgan fingerprint density at radius 1 is 0.955 bits per heavy atom. The molecule has 8 nitrogen and oxygen atoms in total. The lowest BCUT2D eigenvalue weighted by molar-refractivity contribution is -0.174. The van der Waals surface area contributed by atoms with Crippen molar-refractivity contribution in [1.82, 2.24) is 5.32 Å². The molecule has 1 aromatic rings. The number of hydrogen-bond acceptors (Lipinski definition) is 5. The second-order valence-electron chi connectivity index (χ2n) is 15.0. The molecule has 5 rings (SSSR count). The Balaban J connectivity index is 1.13. The second kappa shape index (κ2) is 13.1. The van der Waals surface area contributed by atoms with Crippen LogP contribution >= 0.6 is 0 Å². The molecule has 2 amide bonds. The molecule has 0 aliphatic heterocycles. The number of nitrogens with one attached hydrogen (secondary N) is 2. The number of anilines is 1. The van der Waals surface area contributed by atoms with Crippen LogP contribution in [0.1, 0.15) is 97.8 Å². The zero-order valence-corrected chi connectivity index (χ0v) is 26.4. The van der Waals surface area contributed by atoms with Crippen LogP contribution < -0.4 is 10.6 Å². The van der Waals surface area contributed by atoms with Gasteiger partial charge in [0.25, 0.3) is 0 Å². The van der Waals surface area contributed by atoms with Gasteiger partial charge in [-0.1, -0.05) is 26.8 Å². The van der Waals surface area contributed by atoms with Crippen LogP contribution in [0.4, 0.5) is 10.1 Å². The van der Waals surface area contributed by atoms with E-state index in [1.807, 2.05) is 0 Å². The first kappa shape index (κ1) is 32.9. The molecular weight excluding hydrogens is 563 g/mol. The smallest absolute Gasteiger partial charge is 0.326 e. The molecule has 0 radical (unpaired) electrons. The van der Waals surface area contributed by atoms with Crippen molar-refractivity contribution in [3.63, 3.8) is 0 Å². The third-order valence-electron chi connectivity index (χ3n) is 12.6. The van der Waals surface area contributed by atoms with Gasteiger partial charge in [0, 0.05) is 18.5 Å². The van der Waals surface area contributed by atoms with Crippen LogP contribution in [0.25, 0.3) is 0 Å². The standard InChI is InChI=1S/C35H51FN2O6/c1-20(7-11-31(42)38-28(33(43)44)10-12-30(41)37-23-6-4-5-22(36)19-23)25-8-9-26-32-27(14-16-35(25,26)3)34(2)15-13-24(39)17-21(34)18-29(32)40/h4-6,19-21,24-29,32,39-40H,7-18H2,1-3H3,(H,37,41)(H,38,42)(H,43,44)/t20-,21-,24-,25-,26+,27+,28+,29-,32+,34+,35-/m1/s1. The summed E-state index contributed by atoms with van der Waals surface area (Å²) in [5.41, 5.74) is 0.586. The molecule has 11 atom stereocenters. The van der Waals surface area contributed by atoms with Gasteiger partial charge in [-0.15, -0.1) is 0 Å². The molecular formula is C35H51FN2O6. The lowest BCUT2D eigenvalue weighted by Crippen LogP contribution is -2.58. The minimum absolute atomic E-state index is 0.0657. The Labute approximate surface area is 260 Å². The highest BCUT2D eigenvalue weighted by Gasteiger charge is 2.62. The van der Waals surface area contributed by atoms with E-state index in [1.54, 1.807) is 6.07 Å². The van der Waals surface area contributed by atoms with Gasteiger partial charge in [0.2, 0.25) is 11.8 Å². The highest BCUT2D eigenvalue weighted by molar-refractivity contribution is 5.91. The molecule has 0 bridgehead atoms. The van der Waals surface area contributed by atoms with Crippen molar-refractivity contribution in [2.45, 2.75) is 116 Å². The molecule has 0 aromatic heterocycles. The summed E-state index contributed by atoms with van der Waals surface area (Å²) < 4.78 is 13.4.